The highest BCUT2D eigenvalue weighted by molar-refractivity contribution is 5.79. The fourth-order valence-corrected chi connectivity index (χ4v) is 2.77. The highest BCUT2D eigenvalue weighted by Gasteiger charge is 2.25. The van der Waals surface area contributed by atoms with Crippen molar-refractivity contribution in [2.45, 2.75) is 44.6 Å². The molecule has 0 heterocycles. The highest BCUT2D eigenvalue weighted by atomic mass is 19.1. The minimum Gasteiger partial charge on any atom is -0.326 e. The number of carbonyl (C=O) groups excluding carboxylic acids is 1. The molecule has 1 aromatic rings. The van der Waals surface area contributed by atoms with Crippen LogP contribution < -0.4 is 0 Å². The van der Waals surface area contributed by atoms with Crippen LogP contribution >= 0.6 is 0 Å². The van der Waals surface area contributed by atoms with E-state index in [1.54, 1.807) is 17.0 Å². The van der Waals surface area contributed by atoms with Crippen molar-refractivity contribution in [1.29, 1.82) is 5.26 Å². The second-order valence-electron chi connectivity index (χ2n) is 5.27. The fourth-order valence-electron chi connectivity index (χ4n) is 2.77. The first kappa shape index (κ1) is 14.5. The van der Waals surface area contributed by atoms with Crippen molar-refractivity contribution in [3.05, 3.63) is 35.6 Å². The Morgan fingerprint density at radius 2 is 1.90 bits per heavy atom. The second-order valence-corrected chi connectivity index (χ2v) is 5.27. The van der Waals surface area contributed by atoms with E-state index >= 15 is 0 Å². The average molecular weight is 274 g/mol. The lowest BCUT2D eigenvalue weighted by atomic mass is 9.93. The number of hydrogen-bond donors (Lipinski definition) is 0. The van der Waals surface area contributed by atoms with Crippen LogP contribution in [0.1, 0.15) is 37.7 Å². The summed E-state index contributed by atoms with van der Waals surface area (Å²) in [6, 6.07) is 8.24. The van der Waals surface area contributed by atoms with E-state index in [1.807, 2.05) is 0 Å². The highest BCUT2D eigenvalue weighted by Crippen LogP contribution is 2.23. The molecule has 20 heavy (non-hydrogen) atoms. The number of nitriles is 1. The van der Waals surface area contributed by atoms with E-state index in [1.165, 1.54) is 18.6 Å². The Labute approximate surface area is 119 Å². The zero-order valence-corrected chi connectivity index (χ0v) is 11.5. The SMILES string of the molecule is N#CCN(C(=O)Cc1ccc(F)cc1)C1CCCCC1. The maximum absolute atomic E-state index is 12.9. The van der Waals surface area contributed by atoms with Gasteiger partial charge in [0.25, 0.3) is 0 Å². The molecule has 0 aliphatic heterocycles. The van der Waals surface area contributed by atoms with Gasteiger partial charge in [-0.1, -0.05) is 31.4 Å². The topological polar surface area (TPSA) is 44.1 Å². The van der Waals surface area contributed by atoms with Crippen LogP contribution in [0.2, 0.25) is 0 Å². The molecule has 0 radical (unpaired) electrons. The van der Waals surface area contributed by atoms with Crippen molar-refractivity contribution in [3.8, 4) is 6.07 Å². The first-order valence-electron chi connectivity index (χ1n) is 7.11. The molecule has 1 aliphatic carbocycles. The molecule has 1 fully saturated rings. The standard InChI is InChI=1S/C16H19FN2O/c17-14-8-6-13(7-9-14)12-16(20)19(11-10-18)15-4-2-1-3-5-15/h6-9,15H,1-5,11-12H2. The van der Waals surface area contributed by atoms with E-state index in [0.29, 0.717) is 0 Å². The summed E-state index contributed by atoms with van der Waals surface area (Å²) < 4.78 is 12.9. The molecule has 3 nitrogen and oxygen atoms in total. The minimum absolute atomic E-state index is 0.0370. The second kappa shape index (κ2) is 7.04. The zero-order valence-electron chi connectivity index (χ0n) is 11.5. The molecule has 0 spiro atoms. The molecule has 106 valence electrons. The molecular weight excluding hydrogens is 255 g/mol. The molecule has 1 aliphatic rings. The molecule has 4 heteroatoms. The number of hydrogen-bond acceptors (Lipinski definition) is 2. The van der Waals surface area contributed by atoms with Crippen LogP contribution in [0.15, 0.2) is 24.3 Å². The number of nitrogens with zero attached hydrogens (tertiary/aromatic N) is 2. The monoisotopic (exact) mass is 274 g/mol. The van der Waals surface area contributed by atoms with E-state index in [0.717, 1.165) is 31.2 Å². The summed E-state index contributed by atoms with van der Waals surface area (Å²) in [6.45, 7) is 0.144. The molecule has 0 unspecified atom stereocenters. The quantitative estimate of drug-likeness (QED) is 0.792. The molecule has 0 atom stereocenters. The maximum Gasteiger partial charge on any atom is 0.228 e. The number of carbonyl (C=O) groups is 1. The Kier molecular flexibility index (Phi) is 5.11. The Bertz CT molecular complexity index is 486. The van der Waals surface area contributed by atoms with Crippen molar-refractivity contribution in [2.24, 2.45) is 0 Å². The van der Waals surface area contributed by atoms with Gasteiger partial charge in [0.1, 0.15) is 12.4 Å². The van der Waals surface area contributed by atoms with Crippen LogP contribution in [0.4, 0.5) is 4.39 Å². The van der Waals surface area contributed by atoms with Gasteiger partial charge >= 0.3 is 0 Å². The predicted octanol–water partition coefficient (Wildman–Crippen LogP) is 3.05. The Morgan fingerprint density at radius 1 is 1.25 bits per heavy atom. The lowest BCUT2D eigenvalue weighted by Gasteiger charge is -2.32. The third-order valence-corrected chi connectivity index (χ3v) is 3.85. The normalized spacial score (nSPS) is 15.6. The summed E-state index contributed by atoms with van der Waals surface area (Å²) in [5.41, 5.74) is 0.787. The van der Waals surface area contributed by atoms with Gasteiger partial charge in [-0.3, -0.25) is 4.79 Å². The molecule has 0 bridgehead atoms. The molecular formula is C16H19FN2O. The van der Waals surface area contributed by atoms with Crippen molar-refractivity contribution in [1.82, 2.24) is 4.90 Å². The van der Waals surface area contributed by atoms with Crippen LogP contribution in [-0.2, 0) is 11.2 Å². The van der Waals surface area contributed by atoms with Crippen LogP contribution in [0.3, 0.4) is 0 Å². The van der Waals surface area contributed by atoms with Crippen LogP contribution in [0.25, 0.3) is 0 Å². The van der Waals surface area contributed by atoms with E-state index < -0.39 is 0 Å². The number of benzene rings is 1. The van der Waals surface area contributed by atoms with Crippen molar-refractivity contribution >= 4 is 5.91 Å². The summed E-state index contributed by atoms with van der Waals surface area (Å²) in [6.07, 6.45) is 5.65. The summed E-state index contributed by atoms with van der Waals surface area (Å²) in [4.78, 5) is 14.1. The van der Waals surface area contributed by atoms with Crippen LogP contribution in [0, 0.1) is 17.1 Å². The summed E-state index contributed by atoms with van der Waals surface area (Å²) in [7, 11) is 0. The fraction of sp³-hybridized carbons (Fsp3) is 0.500. The summed E-state index contributed by atoms with van der Waals surface area (Å²) in [5.74, 6) is -0.340. The minimum atomic E-state index is -0.303. The van der Waals surface area contributed by atoms with Gasteiger partial charge < -0.3 is 4.90 Å². The first-order valence-corrected chi connectivity index (χ1v) is 7.11. The predicted molar refractivity (Wildman–Crippen MR) is 74.3 cm³/mol. The van der Waals surface area contributed by atoms with E-state index in [2.05, 4.69) is 6.07 Å². The molecule has 1 saturated carbocycles. The first-order chi connectivity index (χ1) is 9.70. The van der Waals surface area contributed by atoms with Gasteiger partial charge in [0.2, 0.25) is 5.91 Å². The lowest BCUT2D eigenvalue weighted by molar-refractivity contribution is -0.132. The third kappa shape index (κ3) is 3.80. The molecule has 1 aromatic carbocycles. The molecule has 0 aromatic heterocycles. The average Bonchev–Trinajstić information content (AvgIpc) is 2.48. The number of rotatable bonds is 4. The van der Waals surface area contributed by atoms with Gasteiger partial charge in [-0.25, -0.2) is 4.39 Å². The number of halogens is 1. The van der Waals surface area contributed by atoms with Gasteiger partial charge in [-0.05, 0) is 30.5 Å². The van der Waals surface area contributed by atoms with Gasteiger partial charge in [0, 0.05) is 6.04 Å². The Morgan fingerprint density at radius 3 is 2.50 bits per heavy atom. The maximum atomic E-state index is 12.9. The van der Waals surface area contributed by atoms with E-state index in [9.17, 15) is 9.18 Å². The van der Waals surface area contributed by atoms with E-state index in [4.69, 9.17) is 5.26 Å². The largest absolute Gasteiger partial charge is 0.326 e. The molecule has 2 rings (SSSR count). The Balaban J connectivity index is 2.02. The zero-order chi connectivity index (χ0) is 14.4. The Hall–Kier alpha value is -1.89. The summed E-state index contributed by atoms with van der Waals surface area (Å²) in [5, 5.41) is 8.93. The number of amides is 1. The molecule has 0 saturated heterocycles. The van der Waals surface area contributed by atoms with Gasteiger partial charge in [-0.15, -0.1) is 0 Å². The summed E-state index contributed by atoms with van der Waals surface area (Å²) >= 11 is 0. The lowest BCUT2D eigenvalue weighted by Crippen LogP contribution is -2.42. The van der Waals surface area contributed by atoms with Crippen LogP contribution in [-0.4, -0.2) is 23.4 Å². The molecule has 1 amide bonds. The van der Waals surface area contributed by atoms with Gasteiger partial charge in [-0.2, -0.15) is 5.26 Å². The van der Waals surface area contributed by atoms with E-state index in [-0.39, 0.29) is 30.7 Å². The van der Waals surface area contributed by atoms with Crippen molar-refractivity contribution in [3.63, 3.8) is 0 Å². The van der Waals surface area contributed by atoms with Crippen molar-refractivity contribution < 1.29 is 9.18 Å². The van der Waals surface area contributed by atoms with Gasteiger partial charge in [0.05, 0.1) is 12.5 Å². The van der Waals surface area contributed by atoms with Crippen LogP contribution in [0.5, 0.6) is 0 Å². The third-order valence-electron chi connectivity index (χ3n) is 3.85. The van der Waals surface area contributed by atoms with Crippen molar-refractivity contribution in [2.75, 3.05) is 6.54 Å². The molecule has 0 N–H and O–H groups in total. The smallest absolute Gasteiger partial charge is 0.228 e. The van der Waals surface area contributed by atoms with Gasteiger partial charge in [0.15, 0.2) is 0 Å².